The summed E-state index contributed by atoms with van der Waals surface area (Å²) in [4.78, 5) is 30.6. The standard InChI is InChI=1S/C24H30N4O2/c29-23-10-5-11-28(23)19-22-9-4-8-21(16-22)17-25-24(30)27-14-12-26(13-15-27)18-20-6-2-1-3-7-20/h1-4,6-9,16H,5,10-15,17-19H2,(H,25,30). The van der Waals surface area contributed by atoms with Gasteiger partial charge in [0.15, 0.2) is 0 Å². The first-order chi connectivity index (χ1) is 14.7. The molecule has 0 atom stereocenters. The highest BCUT2D eigenvalue weighted by molar-refractivity contribution is 5.78. The molecule has 2 aliphatic heterocycles. The Morgan fingerprint density at radius 2 is 1.57 bits per heavy atom. The SMILES string of the molecule is O=C1CCCN1Cc1cccc(CNC(=O)N2CCN(Cc3ccccc3)CC2)c1. The molecule has 2 aromatic carbocycles. The van der Waals surface area contributed by atoms with E-state index in [0.717, 1.165) is 56.8 Å². The van der Waals surface area contributed by atoms with E-state index in [-0.39, 0.29) is 11.9 Å². The van der Waals surface area contributed by atoms with Crippen LogP contribution in [0.3, 0.4) is 0 Å². The Morgan fingerprint density at radius 1 is 0.833 bits per heavy atom. The second kappa shape index (κ2) is 9.76. The second-order valence-electron chi connectivity index (χ2n) is 8.15. The fourth-order valence-corrected chi connectivity index (χ4v) is 4.17. The molecule has 2 heterocycles. The van der Waals surface area contributed by atoms with Crippen molar-refractivity contribution >= 4 is 11.9 Å². The zero-order chi connectivity index (χ0) is 20.8. The molecule has 6 nitrogen and oxygen atoms in total. The average Bonchev–Trinajstić information content (AvgIpc) is 3.18. The molecular formula is C24H30N4O2. The summed E-state index contributed by atoms with van der Waals surface area (Å²) in [6, 6.07) is 18.6. The van der Waals surface area contributed by atoms with E-state index in [1.165, 1.54) is 5.56 Å². The molecule has 158 valence electrons. The van der Waals surface area contributed by atoms with Gasteiger partial charge in [0.05, 0.1) is 0 Å². The van der Waals surface area contributed by atoms with E-state index in [2.05, 4.69) is 40.5 Å². The van der Waals surface area contributed by atoms with E-state index >= 15 is 0 Å². The van der Waals surface area contributed by atoms with Gasteiger partial charge in [-0.1, -0.05) is 54.6 Å². The largest absolute Gasteiger partial charge is 0.338 e. The average molecular weight is 407 g/mol. The molecule has 2 aliphatic rings. The van der Waals surface area contributed by atoms with Crippen molar-refractivity contribution in [3.05, 3.63) is 71.3 Å². The van der Waals surface area contributed by atoms with Gasteiger partial charge in [0.2, 0.25) is 5.91 Å². The van der Waals surface area contributed by atoms with E-state index < -0.39 is 0 Å². The maximum absolute atomic E-state index is 12.6. The highest BCUT2D eigenvalue weighted by Crippen LogP contribution is 2.15. The van der Waals surface area contributed by atoms with E-state index in [9.17, 15) is 9.59 Å². The molecule has 3 amide bonds. The van der Waals surface area contributed by atoms with Gasteiger partial charge < -0.3 is 15.1 Å². The molecule has 1 N–H and O–H groups in total. The number of nitrogens with one attached hydrogen (secondary N) is 1. The number of likely N-dealkylation sites (tertiary alicyclic amines) is 1. The van der Waals surface area contributed by atoms with Crippen molar-refractivity contribution in [2.24, 2.45) is 0 Å². The molecule has 0 spiro atoms. The molecule has 0 unspecified atom stereocenters. The maximum Gasteiger partial charge on any atom is 0.317 e. The minimum absolute atomic E-state index is 0.00511. The van der Waals surface area contributed by atoms with Gasteiger partial charge in [-0.3, -0.25) is 9.69 Å². The van der Waals surface area contributed by atoms with Gasteiger partial charge in [0, 0.05) is 58.8 Å². The van der Waals surface area contributed by atoms with Crippen LogP contribution in [0.1, 0.15) is 29.5 Å². The summed E-state index contributed by atoms with van der Waals surface area (Å²) in [7, 11) is 0. The fraction of sp³-hybridized carbons (Fsp3) is 0.417. The maximum atomic E-state index is 12.6. The van der Waals surface area contributed by atoms with Crippen molar-refractivity contribution in [2.75, 3.05) is 32.7 Å². The lowest BCUT2D eigenvalue weighted by Gasteiger charge is -2.34. The van der Waals surface area contributed by atoms with Crippen molar-refractivity contribution in [1.82, 2.24) is 20.0 Å². The van der Waals surface area contributed by atoms with Gasteiger partial charge in [-0.15, -0.1) is 0 Å². The molecule has 30 heavy (non-hydrogen) atoms. The number of carbonyl (C=O) groups excluding carboxylic acids is 2. The molecule has 2 aromatic rings. The normalized spacial score (nSPS) is 17.4. The molecule has 4 rings (SSSR count). The molecular weight excluding hydrogens is 376 g/mol. The third-order valence-electron chi connectivity index (χ3n) is 5.89. The first-order valence-corrected chi connectivity index (χ1v) is 10.8. The van der Waals surface area contributed by atoms with Crippen LogP contribution in [0.15, 0.2) is 54.6 Å². The number of rotatable bonds is 6. The van der Waals surface area contributed by atoms with Crippen molar-refractivity contribution in [2.45, 2.75) is 32.5 Å². The van der Waals surface area contributed by atoms with Gasteiger partial charge in [-0.2, -0.15) is 0 Å². The highest BCUT2D eigenvalue weighted by atomic mass is 16.2. The van der Waals surface area contributed by atoms with Crippen LogP contribution >= 0.6 is 0 Å². The fourth-order valence-electron chi connectivity index (χ4n) is 4.17. The zero-order valence-electron chi connectivity index (χ0n) is 17.4. The molecule has 0 radical (unpaired) electrons. The Labute approximate surface area is 178 Å². The van der Waals surface area contributed by atoms with Crippen molar-refractivity contribution < 1.29 is 9.59 Å². The van der Waals surface area contributed by atoms with Crippen molar-refractivity contribution in [3.8, 4) is 0 Å². The van der Waals surface area contributed by atoms with Gasteiger partial charge in [-0.05, 0) is 23.1 Å². The van der Waals surface area contributed by atoms with Crippen molar-refractivity contribution in [3.63, 3.8) is 0 Å². The van der Waals surface area contributed by atoms with Gasteiger partial charge >= 0.3 is 6.03 Å². The molecule has 0 saturated carbocycles. The van der Waals surface area contributed by atoms with Crippen LogP contribution < -0.4 is 5.32 Å². The summed E-state index contributed by atoms with van der Waals surface area (Å²) in [6.07, 6.45) is 1.61. The predicted molar refractivity (Wildman–Crippen MR) is 117 cm³/mol. The lowest BCUT2D eigenvalue weighted by molar-refractivity contribution is -0.128. The molecule has 0 aromatic heterocycles. The molecule has 0 bridgehead atoms. The topological polar surface area (TPSA) is 55.9 Å². The number of urea groups is 1. The summed E-state index contributed by atoms with van der Waals surface area (Å²) in [5.41, 5.74) is 3.49. The Kier molecular flexibility index (Phi) is 6.64. The van der Waals surface area contributed by atoms with E-state index in [0.29, 0.717) is 19.5 Å². The number of piperazine rings is 1. The van der Waals surface area contributed by atoms with Crippen LogP contribution in [-0.4, -0.2) is 59.4 Å². The number of hydrogen-bond donors (Lipinski definition) is 1. The van der Waals surface area contributed by atoms with Crippen LogP contribution in [0, 0.1) is 0 Å². The zero-order valence-corrected chi connectivity index (χ0v) is 17.4. The lowest BCUT2D eigenvalue weighted by Crippen LogP contribution is -2.51. The van der Waals surface area contributed by atoms with Crippen LogP contribution in [0.25, 0.3) is 0 Å². The number of carbonyl (C=O) groups is 2. The van der Waals surface area contributed by atoms with Crippen LogP contribution in [0.4, 0.5) is 4.79 Å². The molecule has 2 saturated heterocycles. The Balaban J connectivity index is 1.22. The summed E-state index contributed by atoms with van der Waals surface area (Å²) in [5.74, 6) is 0.236. The predicted octanol–water partition coefficient (Wildman–Crippen LogP) is 2.84. The van der Waals surface area contributed by atoms with Gasteiger partial charge in [0.1, 0.15) is 0 Å². The quantitative estimate of drug-likeness (QED) is 0.803. The Bertz CT molecular complexity index is 863. The monoisotopic (exact) mass is 406 g/mol. The van der Waals surface area contributed by atoms with E-state index in [1.807, 2.05) is 34.1 Å². The number of benzene rings is 2. The smallest absolute Gasteiger partial charge is 0.317 e. The Morgan fingerprint density at radius 3 is 2.30 bits per heavy atom. The first kappa shape index (κ1) is 20.4. The number of nitrogens with zero attached hydrogens (tertiary/aromatic N) is 3. The molecule has 2 fully saturated rings. The Hall–Kier alpha value is -2.86. The van der Waals surface area contributed by atoms with Crippen LogP contribution in [0.5, 0.6) is 0 Å². The second-order valence-corrected chi connectivity index (χ2v) is 8.15. The lowest BCUT2D eigenvalue weighted by atomic mass is 10.1. The van der Waals surface area contributed by atoms with Crippen LogP contribution in [-0.2, 0) is 24.4 Å². The van der Waals surface area contributed by atoms with Gasteiger partial charge in [0.25, 0.3) is 0 Å². The summed E-state index contributed by atoms with van der Waals surface area (Å²) >= 11 is 0. The van der Waals surface area contributed by atoms with Gasteiger partial charge in [-0.25, -0.2) is 4.79 Å². The number of hydrogen-bond acceptors (Lipinski definition) is 3. The molecule has 0 aliphatic carbocycles. The van der Waals surface area contributed by atoms with Crippen LogP contribution in [0.2, 0.25) is 0 Å². The van der Waals surface area contributed by atoms with E-state index in [1.54, 1.807) is 0 Å². The minimum Gasteiger partial charge on any atom is -0.338 e. The summed E-state index contributed by atoms with van der Waals surface area (Å²) in [6.45, 7) is 6.21. The minimum atomic E-state index is -0.00511. The van der Waals surface area contributed by atoms with E-state index in [4.69, 9.17) is 0 Å². The first-order valence-electron chi connectivity index (χ1n) is 10.8. The van der Waals surface area contributed by atoms with Crippen molar-refractivity contribution in [1.29, 1.82) is 0 Å². The third kappa shape index (κ3) is 5.39. The highest BCUT2D eigenvalue weighted by Gasteiger charge is 2.21. The summed E-state index contributed by atoms with van der Waals surface area (Å²) in [5, 5.41) is 3.05. The summed E-state index contributed by atoms with van der Waals surface area (Å²) < 4.78 is 0. The molecule has 6 heteroatoms. The number of amides is 3. The third-order valence-corrected chi connectivity index (χ3v) is 5.89.